The van der Waals surface area contributed by atoms with Crippen LogP contribution in [0.3, 0.4) is 0 Å². The van der Waals surface area contributed by atoms with Crippen molar-refractivity contribution in [2.45, 2.75) is 18.7 Å². The van der Waals surface area contributed by atoms with E-state index in [9.17, 15) is 18.4 Å². The summed E-state index contributed by atoms with van der Waals surface area (Å²) in [7, 11) is 1.17. The third kappa shape index (κ3) is 3.26. The number of aromatic nitrogens is 1. The van der Waals surface area contributed by atoms with E-state index in [4.69, 9.17) is 11.6 Å². The highest BCUT2D eigenvalue weighted by atomic mass is 35.5. The lowest BCUT2D eigenvalue weighted by atomic mass is 10.1. The fourth-order valence-electron chi connectivity index (χ4n) is 1.31. The number of H-pyrrole nitrogens is 1. The number of aromatic amines is 1. The van der Waals surface area contributed by atoms with Crippen molar-refractivity contribution in [1.29, 1.82) is 0 Å². The molecule has 7 heteroatoms. The van der Waals surface area contributed by atoms with Gasteiger partial charge in [0.25, 0.3) is 12.0 Å². The summed E-state index contributed by atoms with van der Waals surface area (Å²) >= 11 is 5.54. The van der Waals surface area contributed by atoms with Crippen molar-refractivity contribution in [2.75, 3.05) is 7.11 Å². The predicted octanol–water partition coefficient (Wildman–Crippen LogP) is 1.77. The first-order chi connectivity index (χ1) is 7.99. The molecule has 1 rings (SSSR count). The molecular formula is C10H10ClF2NO3. The standard InChI is InChI=1S/C10H10ClF2NO3/c1-17-8(15)3-5-2-7(9(12)13)14-10(16)6(5)4-11/h2,9H,3-4H2,1H3,(H,14,16). The van der Waals surface area contributed by atoms with Crippen LogP contribution in [-0.4, -0.2) is 18.1 Å². The maximum atomic E-state index is 12.5. The summed E-state index contributed by atoms with van der Waals surface area (Å²) in [6.07, 6.45) is -3.08. The number of nitrogens with one attached hydrogen (secondary N) is 1. The fraction of sp³-hybridized carbons (Fsp3) is 0.400. The summed E-state index contributed by atoms with van der Waals surface area (Å²) < 4.78 is 29.3. The van der Waals surface area contributed by atoms with E-state index in [0.717, 1.165) is 6.07 Å². The van der Waals surface area contributed by atoms with Crippen LogP contribution in [-0.2, 0) is 21.8 Å². The summed E-state index contributed by atoms with van der Waals surface area (Å²) in [4.78, 5) is 24.5. The van der Waals surface area contributed by atoms with Crippen LogP contribution >= 0.6 is 11.6 Å². The third-order valence-corrected chi connectivity index (χ3v) is 2.45. The molecule has 17 heavy (non-hydrogen) atoms. The van der Waals surface area contributed by atoms with Crippen molar-refractivity contribution in [1.82, 2.24) is 4.98 Å². The second-order valence-corrected chi connectivity index (χ2v) is 3.51. The molecule has 0 spiro atoms. The number of hydrogen-bond donors (Lipinski definition) is 1. The molecule has 0 aliphatic rings. The molecule has 1 N–H and O–H groups in total. The maximum Gasteiger partial charge on any atom is 0.309 e. The molecule has 1 aromatic rings. The van der Waals surface area contributed by atoms with Gasteiger partial charge in [0.1, 0.15) is 0 Å². The minimum absolute atomic E-state index is 0.0986. The van der Waals surface area contributed by atoms with Crippen molar-refractivity contribution >= 4 is 17.6 Å². The Morgan fingerprint density at radius 3 is 2.71 bits per heavy atom. The zero-order valence-corrected chi connectivity index (χ0v) is 9.68. The van der Waals surface area contributed by atoms with Crippen molar-refractivity contribution in [3.63, 3.8) is 0 Å². The second-order valence-electron chi connectivity index (χ2n) is 3.24. The van der Waals surface area contributed by atoms with Gasteiger partial charge in [0.15, 0.2) is 0 Å². The largest absolute Gasteiger partial charge is 0.469 e. The molecule has 4 nitrogen and oxygen atoms in total. The van der Waals surface area contributed by atoms with E-state index in [1.807, 2.05) is 4.98 Å². The molecule has 0 unspecified atom stereocenters. The Balaban J connectivity index is 3.24. The highest BCUT2D eigenvalue weighted by Crippen LogP contribution is 2.18. The number of methoxy groups -OCH3 is 1. The molecule has 94 valence electrons. The molecule has 1 aromatic heterocycles. The van der Waals surface area contributed by atoms with Crippen LogP contribution < -0.4 is 5.56 Å². The van der Waals surface area contributed by atoms with E-state index in [0.29, 0.717) is 0 Å². The van der Waals surface area contributed by atoms with E-state index < -0.39 is 23.6 Å². The van der Waals surface area contributed by atoms with Crippen LogP contribution in [0.4, 0.5) is 8.78 Å². The van der Waals surface area contributed by atoms with Gasteiger partial charge in [-0.2, -0.15) is 0 Å². The summed E-state index contributed by atoms with van der Waals surface area (Å²) in [6, 6.07) is 1.06. The Hall–Kier alpha value is -1.43. The number of carbonyl (C=O) groups is 1. The molecule has 0 saturated carbocycles. The number of halogens is 3. The van der Waals surface area contributed by atoms with E-state index in [1.54, 1.807) is 0 Å². The predicted molar refractivity (Wildman–Crippen MR) is 57.3 cm³/mol. The van der Waals surface area contributed by atoms with Gasteiger partial charge in [0, 0.05) is 5.56 Å². The quantitative estimate of drug-likeness (QED) is 0.667. The zero-order valence-electron chi connectivity index (χ0n) is 8.93. The average molecular weight is 266 g/mol. The number of alkyl halides is 3. The number of hydrogen-bond acceptors (Lipinski definition) is 3. The smallest absolute Gasteiger partial charge is 0.309 e. The monoisotopic (exact) mass is 265 g/mol. The van der Waals surface area contributed by atoms with Gasteiger partial charge >= 0.3 is 5.97 Å². The number of ether oxygens (including phenoxy) is 1. The lowest BCUT2D eigenvalue weighted by molar-refractivity contribution is -0.139. The molecule has 0 radical (unpaired) electrons. The van der Waals surface area contributed by atoms with Gasteiger partial charge in [-0.1, -0.05) is 0 Å². The van der Waals surface area contributed by atoms with Crippen molar-refractivity contribution in [2.24, 2.45) is 0 Å². The number of carbonyl (C=O) groups excluding carboxylic acids is 1. The summed E-state index contributed by atoms with van der Waals surface area (Å²) in [5.74, 6) is -0.785. The zero-order chi connectivity index (χ0) is 13.0. The summed E-state index contributed by atoms with van der Waals surface area (Å²) in [5, 5.41) is 0. The SMILES string of the molecule is COC(=O)Cc1cc(C(F)F)[nH]c(=O)c1CCl. The topological polar surface area (TPSA) is 59.2 Å². The summed E-state index contributed by atoms with van der Waals surface area (Å²) in [6.45, 7) is 0. The second kappa shape index (κ2) is 5.77. The molecule has 0 bridgehead atoms. The Labute approximate surface area is 101 Å². The van der Waals surface area contributed by atoms with Gasteiger partial charge < -0.3 is 9.72 Å². The van der Waals surface area contributed by atoms with Crippen molar-refractivity contribution in [3.05, 3.63) is 33.2 Å². The van der Waals surface area contributed by atoms with Crippen LogP contribution in [0.15, 0.2) is 10.9 Å². The number of pyridine rings is 1. The molecule has 0 aliphatic carbocycles. The Morgan fingerprint density at radius 2 is 2.24 bits per heavy atom. The Bertz CT molecular complexity index is 473. The van der Waals surface area contributed by atoms with Crippen LogP contribution in [0.5, 0.6) is 0 Å². The van der Waals surface area contributed by atoms with Crippen molar-refractivity contribution < 1.29 is 18.3 Å². The molecule has 0 fully saturated rings. The van der Waals surface area contributed by atoms with Crippen LogP contribution in [0, 0.1) is 0 Å². The first-order valence-corrected chi connectivity index (χ1v) is 5.19. The molecule has 0 amide bonds. The van der Waals surface area contributed by atoms with E-state index >= 15 is 0 Å². The Morgan fingerprint density at radius 1 is 1.59 bits per heavy atom. The lowest BCUT2D eigenvalue weighted by Crippen LogP contribution is -2.19. The first kappa shape index (κ1) is 13.6. The fourth-order valence-corrected chi connectivity index (χ4v) is 1.61. The van der Waals surface area contributed by atoms with Crippen LogP contribution in [0.1, 0.15) is 23.2 Å². The van der Waals surface area contributed by atoms with E-state index in [1.165, 1.54) is 7.11 Å². The van der Waals surface area contributed by atoms with Gasteiger partial charge in [-0.25, -0.2) is 8.78 Å². The third-order valence-electron chi connectivity index (χ3n) is 2.18. The average Bonchev–Trinajstić information content (AvgIpc) is 2.28. The van der Waals surface area contributed by atoms with Gasteiger partial charge in [0.2, 0.25) is 0 Å². The molecular weight excluding hydrogens is 256 g/mol. The molecule has 1 heterocycles. The van der Waals surface area contributed by atoms with Gasteiger partial charge in [0.05, 0.1) is 25.1 Å². The minimum Gasteiger partial charge on any atom is -0.469 e. The maximum absolute atomic E-state index is 12.5. The molecule has 0 aliphatic heterocycles. The molecule has 0 atom stereocenters. The summed E-state index contributed by atoms with van der Waals surface area (Å²) in [5.41, 5.74) is -0.994. The lowest BCUT2D eigenvalue weighted by Gasteiger charge is -2.08. The highest BCUT2D eigenvalue weighted by Gasteiger charge is 2.16. The normalized spacial score (nSPS) is 10.6. The van der Waals surface area contributed by atoms with Gasteiger partial charge in [-0.3, -0.25) is 9.59 Å². The van der Waals surface area contributed by atoms with E-state index in [2.05, 4.69) is 4.74 Å². The minimum atomic E-state index is -2.82. The first-order valence-electron chi connectivity index (χ1n) is 4.65. The van der Waals surface area contributed by atoms with E-state index in [-0.39, 0.29) is 23.4 Å². The van der Waals surface area contributed by atoms with Gasteiger partial charge in [-0.05, 0) is 11.6 Å². The van der Waals surface area contributed by atoms with Crippen molar-refractivity contribution in [3.8, 4) is 0 Å². The molecule has 0 aromatic carbocycles. The van der Waals surface area contributed by atoms with Crippen LogP contribution in [0.25, 0.3) is 0 Å². The van der Waals surface area contributed by atoms with Crippen LogP contribution in [0.2, 0.25) is 0 Å². The number of esters is 1. The highest BCUT2D eigenvalue weighted by molar-refractivity contribution is 6.17. The number of rotatable bonds is 4. The Kier molecular flexibility index (Phi) is 4.62. The van der Waals surface area contributed by atoms with Gasteiger partial charge in [-0.15, -0.1) is 11.6 Å². The molecule has 0 saturated heterocycles.